The van der Waals surface area contributed by atoms with Crippen LogP contribution in [0.1, 0.15) is 36.8 Å². The van der Waals surface area contributed by atoms with E-state index in [9.17, 15) is 5.11 Å². The fourth-order valence-electron chi connectivity index (χ4n) is 3.52. The molecule has 0 saturated carbocycles. The van der Waals surface area contributed by atoms with Crippen LogP contribution in [-0.4, -0.2) is 47.8 Å². The van der Waals surface area contributed by atoms with Gasteiger partial charge in [0.2, 0.25) is 0 Å². The summed E-state index contributed by atoms with van der Waals surface area (Å²) in [4.78, 5) is 4.64. The molecule has 1 saturated heterocycles. The third-order valence-corrected chi connectivity index (χ3v) is 6.32. The average Bonchev–Trinajstić information content (AvgIpc) is 3.17. The second kappa shape index (κ2) is 10.5. The Balaban J connectivity index is 1.63. The van der Waals surface area contributed by atoms with Gasteiger partial charge in [-0.05, 0) is 36.6 Å². The molecule has 1 fully saturated rings. The maximum Gasteiger partial charge on any atom is 0.191 e. The molecule has 3 N–H and O–H groups in total. The van der Waals surface area contributed by atoms with Crippen LogP contribution in [0.5, 0.6) is 0 Å². The molecule has 1 unspecified atom stereocenters. The number of aliphatic imine (C=N–C) groups is 1. The van der Waals surface area contributed by atoms with Crippen LogP contribution in [0.4, 0.5) is 0 Å². The first-order valence-electron chi connectivity index (χ1n) is 10.1. The van der Waals surface area contributed by atoms with Crippen LogP contribution < -0.4 is 10.6 Å². The molecule has 1 aliphatic heterocycles. The highest BCUT2D eigenvalue weighted by Gasteiger charge is 2.31. The first-order valence-corrected chi connectivity index (χ1v) is 11.3. The van der Waals surface area contributed by atoms with E-state index in [1.54, 1.807) is 11.8 Å². The largest absolute Gasteiger partial charge is 0.387 e. The van der Waals surface area contributed by atoms with Crippen molar-refractivity contribution in [3.63, 3.8) is 0 Å². The summed E-state index contributed by atoms with van der Waals surface area (Å²) in [6, 6.07) is 21.3. The number of benzene rings is 2. The highest BCUT2D eigenvalue weighted by atomic mass is 32.2. The lowest BCUT2D eigenvalue weighted by atomic mass is 9.88. The minimum absolute atomic E-state index is 0.341. The van der Waals surface area contributed by atoms with Gasteiger partial charge in [0, 0.05) is 24.8 Å². The van der Waals surface area contributed by atoms with Gasteiger partial charge in [0.05, 0.1) is 12.1 Å². The monoisotopic (exact) mass is 397 g/mol. The van der Waals surface area contributed by atoms with Gasteiger partial charge in [0.15, 0.2) is 5.96 Å². The van der Waals surface area contributed by atoms with Gasteiger partial charge in [-0.25, -0.2) is 0 Å². The summed E-state index contributed by atoms with van der Waals surface area (Å²) in [6.07, 6.45) is 1.79. The third kappa shape index (κ3) is 6.01. The maximum atomic E-state index is 10.5. The minimum Gasteiger partial charge on any atom is -0.387 e. The van der Waals surface area contributed by atoms with E-state index in [1.165, 1.54) is 11.1 Å². The van der Waals surface area contributed by atoms with E-state index < -0.39 is 5.60 Å². The number of aliphatic hydroxyl groups is 1. The fraction of sp³-hybridized carbons (Fsp3) is 0.435. The van der Waals surface area contributed by atoms with Crippen molar-refractivity contribution in [2.45, 2.75) is 31.3 Å². The molecule has 4 nitrogen and oxygen atoms in total. The number of rotatable bonds is 8. The lowest BCUT2D eigenvalue weighted by Crippen LogP contribution is -2.40. The second-order valence-corrected chi connectivity index (χ2v) is 8.42. The van der Waals surface area contributed by atoms with Crippen LogP contribution >= 0.6 is 11.8 Å². The van der Waals surface area contributed by atoms with E-state index in [2.05, 4.69) is 83.2 Å². The van der Waals surface area contributed by atoms with Crippen LogP contribution in [0, 0.1) is 0 Å². The molecule has 28 heavy (non-hydrogen) atoms. The van der Waals surface area contributed by atoms with Crippen LogP contribution in [0.3, 0.4) is 0 Å². The molecule has 3 rings (SSSR count). The molecule has 0 radical (unpaired) electrons. The van der Waals surface area contributed by atoms with Crippen molar-refractivity contribution in [2.24, 2.45) is 4.99 Å². The Labute approximate surface area is 172 Å². The molecule has 0 aliphatic carbocycles. The fourth-order valence-corrected chi connectivity index (χ4v) is 4.80. The zero-order valence-electron chi connectivity index (χ0n) is 16.6. The van der Waals surface area contributed by atoms with Gasteiger partial charge < -0.3 is 15.7 Å². The Hall–Kier alpha value is -1.98. The van der Waals surface area contributed by atoms with E-state index in [1.807, 2.05) is 0 Å². The SMILES string of the molecule is CCNC(=NCC1(O)CCSC1)NCCC(c1ccccc1)c1ccccc1. The summed E-state index contributed by atoms with van der Waals surface area (Å²) >= 11 is 1.80. The van der Waals surface area contributed by atoms with Gasteiger partial charge in [-0.3, -0.25) is 4.99 Å². The van der Waals surface area contributed by atoms with Crippen LogP contribution in [-0.2, 0) is 0 Å². The number of hydrogen-bond donors (Lipinski definition) is 3. The smallest absolute Gasteiger partial charge is 0.191 e. The molecule has 0 bridgehead atoms. The highest BCUT2D eigenvalue weighted by Crippen LogP contribution is 2.28. The van der Waals surface area contributed by atoms with Crippen LogP contribution in [0.15, 0.2) is 65.7 Å². The van der Waals surface area contributed by atoms with Gasteiger partial charge in [-0.15, -0.1) is 0 Å². The average molecular weight is 398 g/mol. The first kappa shape index (κ1) is 20.7. The quantitative estimate of drug-likeness (QED) is 0.470. The maximum absolute atomic E-state index is 10.5. The zero-order chi connectivity index (χ0) is 19.7. The van der Waals surface area contributed by atoms with Crippen LogP contribution in [0.25, 0.3) is 0 Å². The molecule has 2 aromatic rings. The molecule has 5 heteroatoms. The normalized spacial score (nSPS) is 19.8. The number of thioether (sulfide) groups is 1. The number of hydrogen-bond acceptors (Lipinski definition) is 3. The van der Waals surface area contributed by atoms with Crippen molar-refractivity contribution in [3.8, 4) is 0 Å². The molecule has 2 aromatic carbocycles. The second-order valence-electron chi connectivity index (χ2n) is 7.31. The molecule has 0 spiro atoms. The van der Waals surface area contributed by atoms with Gasteiger partial charge in [-0.2, -0.15) is 11.8 Å². The lowest BCUT2D eigenvalue weighted by molar-refractivity contribution is 0.0778. The van der Waals surface area contributed by atoms with Crippen molar-refractivity contribution in [2.75, 3.05) is 31.1 Å². The van der Waals surface area contributed by atoms with Crippen molar-refractivity contribution >= 4 is 17.7 Å². The molecule has 0 aromatic heterocycles. The summed E-state index contributed by atoms with van der Waals surface area (Å²) in [5.74, 6) is 2.92. The summed E-state index contributed by atoms with van der Waals surface area (Å²) in [6.45, 7) is 4.14. The van der Waals surface area contributed by atoms with Crippen molar-refractivity contribution in [1.82, 2.24) is 10.6 Å². The van der Waals surface area contributed by atoms with E-state index >= 15 is 0 Å². The molecule has 150 valence electrons. The first-order chi connectivity index (χ1) is 13.7. The van der Waals surface area contributed by atoms with E-state index in [4.69, 9.17) is 0 Å². The summed E-state index contributed by atoms with van der Waals surface area (Å²) < 4.78 is 0. The molecule has 1 aliphatic rings. The molecule has 0 amide bonds. The number of nitrogens with one attached hydrogen (secondary N) is 2. The van der Waals surface area contributed by atoms with E-state index in [0.717, 1.165) is 43.4 Å². The predicted octanol–water partition coefficient (Wildman–Crippen LogP) is 3.63. The lowest BCUT2D eigenvalue weighted by Gasteiger charge is -2.21. The summed E-state index contributed by atoms with van der Waals surface area (Å²) in [5.41, 5.74) is 2.01. The molecule has 1 atom stereocenters. The summed E-state index contributed by atoms with van der Waals surface area (Å²) in [5, 5.41) is 17.3. The van der Waals surface area contributed by atoms with E-state index in [-0.39, 0.29) is 0 Å². The molecular formula is C23H31N3OS. The van der Waals surface area contributed by atoms with Gasteiger partial charge >= 0.3 is 0 Å². The van der Waals surface area contributed by atoms with E-state index in [0.29, 0.717) is 12.5 Å². The zero-order valence-corrected chi connectivity index (χ0v) is 17.4. The Bertz CT molecular complexity index is 691. The molecular weight excluding hydrogens is 366 g/mol. The predicted molar refractivity (Wildman–Crippen MR) is 120 cm³/mol. The number of nitrogens with zero attached hydrogens (tertiary/aromatic N) is 1. The van der Waals surface area contributed by atoms with Crippen LogP contribution in [0.2, 0.25) is 0 Å². The number of guanidine groups is 1. The Morgan fingerprint density at radius 2 is 1.71 bits per heavy atom. The Morgan fingerprint density at radius 3 is 2.25 bits per heavy atom. The van der Waals surface area contributed by atoms with Crippen molar-refractivity contribution in [1.29, 1.82) is 0 Å². The van der Waals surface area contributed by atoms with Gasteiger partial charge in [0.25, 0.3) is 0 Å². The van der Waals surface area contributed by atoms with Crippen molar-refractivity contribution < 1.29 is 5.11 Å². The van der Waals surface area contributed by atoms with Crippen molar-refractivity contribution in [3.05, 3.63) is 71.8 Å². The van der Waals surface area contributed by atoms with Gasteiger partial charge in [-0.1, -0.05) is 60.7 Å². The molecule has 1 heterocycles. The van der Waals surface area contributed by atoms with Gasteiger partial charge in [0.1, 0.15) is 0 Å². The topological polar surface area (TPSA) is 56.7 Å². The summed E-state index contributed by atoms with van der Waals surface area (Å²) in [7, 11) is 0. The minimum atomic E-state index is -0.649. The Kier molecular flexibility index (Phi) is 7.80. The standard InChI is InChI=1S/C23H31N3OS/c1-2-24-22(26-17-23(27)14-16-28-18-23)25-15-13-21(19-9-5-3-6-10-19)20-11-7-4-8-12-20/h3-12,21,27H,2,13-18H2,1H3,(H2,24,25,26). The highest BCUT2D eigenvalue weighted by molar-refractivity contribution is 7.99. The Morgan fingerprint density at radius 1 is 1.07 bits per heavy atom. The third-order valence-electron chi connectivity index (χ3n) is 5.09.